The Kier molecular flexibility index (Phi) is 5.05. The average Bonchev–Trinajstić information content (AvgIpc) is 2.47. The summed E-state index contributed by atoms with van der Waals surface area (Å²) >= 11 is 0. The van der Waals surface area contributed by atoms with Crippen LogP contribution in [-0.2, 0) is 14.4 Å². The van der Waals surface area contributed by atoms with Crippen molar-refractivity contribution in [3.63, 3.8) is 0 Å². The third-order valence-corrected chi connectivity index (χ3v) is 3.62. The lowest BCUT2D eigenvalue weighted by Crippen LogP contribution is -2.55. The summed E-state index contributed by atoms with van der Waals surface area (Å²) < 4.78 is 5.25. The second-order valence-electron chi connectivity index (χ2n) is 6.43. The molecule has 0 bridgehead atoms. The quantitative estimate of drug-likeness (QED) is 0.708. The van der Waals surface area contributed by atoms with Gasteiger partial charge in [-0.2, -0.15) is 0 Å². The first-order valence-electron chi connectivity index (χ1n) is 7.47. The maximum atomic E-state index is 12.3. The van der Waals surface area contributed by atoms with Crippen LogP contribution >= 0.6 is 0 Å². The molecule has 0 atom stereocenters. The van der Waals surface area contributed by atoms with Crippen LogP contribution in [0.25, 0.3) is 0 Å². The maximum Gasteiger partial charge on any atom is 0.330 e. The molecule has 7 nitrogen and oxygen atoms in total. The summed E-state index contributed by atoms with van der Waals surface area (Å²) in [6.45, 7) is 10.3. The number of piperazine rings is 1. The van der Waals surface area contributed by atoms with E-state index in [0.717, 1.165) is 0 Å². The molecule has 2 saturated heterocycles. The van der Waals surface area contributed by atoms with Gasteiger partial charge in [-0.3, -0.25) is 0 Å². The second kappa shape index (κ2) is 6.62. The van der Waals surface area contributed by atoms with Crippen LogP contribution in [-0.4, -0.2) is 79.3 Å². The number of ether oxygens (including phenoxy) is 1. The van der Waals surface area contributed by atoms with Crippen molar-refractivity contribution >= 4 is 12.0 Å². The van der Waals surface area contributed by atoms with E-state index < -0.39 is 5.41 Å². The normalized spacial score (nSPS) is 21.3. The van der Waals surface area contributed by atoms with Crippen molar-refractivity contribution in [3.05, 3.63) is 0 Å². The smallest absolute Gasteiger partial charge is 0.330 e. The van der Waals surface area contributed by atoms with Crippen LogP contribution in [0.2, 0.25) is 0 Å². The minimum atomic E-state index is -0.513. The molecule has 2 rings (SSSR count). The minimum Gasteiger partial charge on any atom is -0.378 e. The number of carbonyl (C=O) groups excluding carboxylic acids is 2. The largest absolute Gasteiger partial charge is 0.378 e. The van der Waals surface area contributed by atoms with Crippen molar-refractivity contribution in [2.45, 2.75) is 20.8 Å². The predicted molar refractivity (Wildman–Crippen MR) is 76.5 cm³/mol. The van der Waals surface area contributed by atoms with E-state index in [1.807, 2.05) is 30.6 Å². The molecule has 2 aliphatic rings. The highest BCUT2D eigenvalue weighted by molar-refractivity contribution is 5.75. The molecule has 0 saturated carbocycles. The van der Waals surface area contributed by atoms with Gasteiger partial charge < -0.3 is 19.4 Å². The van der Waals surface area contributed by atoms with Crippen molar-refractivity contribution in [3.8, 4) is 0 Å². The van der Waals surface area contributed by atoms with Crippen molar-refractivity contribution < 1.29 is 19.2 Å². The van der Waals surface area contributed by atoms with E-state index in [1.54, 1.807) is 5.06 Å². The minimum absolute atomic E-state index is 0.0556. The van der Waals surface area contributed by atoms with Gasteiger partial charge in [-0.05, 0) is 20.8 Å². The van der Waals surface area contributed by atoms with Crippen LogP contribution in [0, 0.1) is 5.41 Å². The highest BCUT2D eigenvalue weighted by Crippen LogP contribution is 2.17. The van der Waals surface area contributed by atoms with E-state index in [2.05, 4.69) is 0 Å². The third-order valence-electron chi connectivity index (χ3n) is 3.62. The number of hydrogen-bond acceptors (Lipinski definition) is 5. The summed E-state index contributed by atoms with van der Waals surface area (Å²) in [5.41, 5.74) is -0.513. The van der Waals surface area contributed by atoms with Crippen molar-refractivity contribution in [1.29, 1.82) is 0 Å². The van der Waals surface area contributed by atoms with Gasteiger partial charge in [0.05, 0.1) is 31.7 Å². The zero-order chi connectivity index (χ0) is 15.5. The third kappa shape index (κ3) is 4.31. The van der Waals surface area contributed by atoms with E-state index in [0.29, 0.717) is 52.5 Å². The molecule has 0 spiro atoms. The molecule has 0 aliphatic carbocycles. The first kappa shape index (κ1) is 16.0. The summed E-state index contributed by atoms with van der Waals surface area (Å²) in [7, 11) is 0. The van der Waals surface area contributed by atoms with Crippen LogP contribution in [0.4, 0.5) is 4.79 Å². The molecular formula is C14H25N3O4. The number of urea groups is 1. The Morgan fingerprint density at radius 2 is 1.43 bits per heavy atom. The summed E-state index contributed by atoms with van der Waals surface area (Å²) in [6, 6.07) is 0.0556. The average molecular weight is 299 g/mol. The van der Waals surface area contributed by atoms with Crippen LogP contribution < -0.4 is 0 Å². The van der Waals surface area contributed by atoms with Gasteiger partial charge >= 0.3 is 12.0 Å². The van der Waals surface area contributed by atoms with Gasteiger partial charge in [-0.25, -0.2) is 9.59 Å². The van der Waals surface area contributed by atoms with Crippen molar-refractivity contribution in [2.24, 2.45) is 5.41 Å². The molecule has 21 heavy (non-hydrogen) atoms. The van der Waals surface area contributed by atoms with Gasteiger partial charge in [-0.1, -0.05) is 0 Å². The summed E-state index contributed by atoms with van der Waals surface area (Å²) in [6.07, 6.45) is 0. The number of carbonyl (C=O) groups is 2. The molecule has 2 fully saturated rings. The molecule has 2 heterocycles. The Bertz CT molecular complexity index is 380. The zero-order valence-electron chi connectivity index (χ0n) is 13.1. The predicted octanol–water partition coefficient (Wildman–Crippen LogP) is 0.561. The first-order chi connectivity index (χ1) is 9.88. The molecule has 0 aromatic carbocycles. The van der Waals surface area contributed by atoms with E-state index in [9.17, 15) is 9.59 Å². The van der Waals surface area contributed by atoms with Crippen molar-refractivity contribution in [2.75, 3.05) is 52.5 Å². The topological polar surface area (TPSA) is 62.3 Å². The first-order valence-corrected chi connectivity index (χ1v) is 7.47. The van der Waals surface area contributed by atoms with Crippen LogP contribution in [0.15, 0.2) is 0 Å². The fourth-order valence-electron chi connectivity index (χ4n) is 2.18. The Hall–Kier alpha value is -1.34. The molecule has 2 aliphatic heterocycles. The molecule has 0 aromatic heterocycles. The molecule has 2 amide bonds. The van der Waals surface area contributed by atoms with Crippen molar-refractivity contribution in [1.82, 2.24) is 14.9 Å². The fraction of sp³-hybridized carbons (Fsp3) is 0.857. The number of rotatable bonds is 1. The number of hydroxylamine groups is 2. The summed E-state index contributed by atoms with van der Waals surface area (Å²) in [4.78, 5) is 33.1. The molecule has 0 N–H and O–H groups in total. The lowest BCUT2D eigenvalue weighted by atomic mass is 9.98. The number of amides is 2. The van der Waals surface area contributed by atoms with E-state index >= 15 is 0 Å². The molecule has 120 valence electrons. The molecule has 0 aromatic rings. The Morgan fingerprint density at radius 1 is 0.905 bits per heavy atom. The van der Waals surface area contributed by atoms with Gasteiger partial charge in [0.2, 0.25) is 0 Å². The SMILES string of the molecule is CC(C)(C)C(=O)ON1CCN(C(=O)N2CCOCC2)CC1. The van der Waals surface area contributed by atoms with Crippen LogP contribution in [0.5, 0.6) is 0 Å². The molecular weight excluding hydrogens is 274 g/mol. The Morgan fingerprint density at radius 3 is 1.95 bits per heavy atom. The van der Waals surface area contributed by atoms with Gasteiger partial charge in [-0.15, -0.1) is 5.06 Å². The monoisotopic (exact) mass is 299 g/mol. The highest BCUT2D eigenvalue weighted by atomic mass is 16.7. The highest BCUT2D eigenvalue weighted by Gasteiger charge is 2.30. The molecule has 0 unspecified atom stereocenters. The maximum absolute atomic E-state index is 12.3. The zero-order valence-corrected chi connectivity index (χ0v) is 13.1. The number of hydrogen-bond donors (Lipinski definition) is 0. The number of morpholine rings is 1. The molecule has 0 radical (unpaired) electrons. The lowest BCUT2D eigenvalue weighted by Gasteiger charge is -2.38. The summed E-state index contributed by atoms with van der Waals surface area (Å²) in [5.74, 6) is -0.240. The van der Waals surface area contributed by atoms with Gasteiger partial charge in [0, 0.05) is 26.2 Å². The van der Waals surface area contributed by atoms with Crippen LogP contribution in [0.3, 0.4) is 0 Å². The van der Waals surface area contributed by atoms with E-state index in [1.165, 1.54) is 0 Å². The standard InChI is InChI=1S/C14H25N3O4/c1-14(2,3)12(18)21-17-6-4-15(5-7-17)13(19)16-8-10-20-11-9-16/h4-11H2,1-3H3. The van der Waals surface area contributed by atoms with E-state index in [4.69, 9.17) is 9.57 Å². The van der Waals surface area contributed by atoms with E-state index in [-0.39, 0.29) is 12.0 Å². The molecule has 7 heteroatoms. The van der Waals surface area contributed by atoms with Gasteiger partial charge in [0.1, 0.15) is 0 Å². The Labute approximate surface area is 125 Å². The number of nitrogens with zero attached hydrogens (tertiary/aromatic N) is 3. The Balaban J connectivity index is 1.77. The second-order valence-corrected chi connectivity index (χ2v) is 6.43. The van der Waals surface area contributed by atoms with Gasteiger partial charge in [0.15, 0.2) is 0 Å². The van der Waals surface area contributed by atoms with Gasteiger partial charge in [0.25, 0.3) is 0 Å². The van der Waals surface area contributed by atoms with Crippen LogP contribution in [0.1, 0.15) is 20.8 Å². The lowest BCUT2D eigenvalue weighted by molar-refractivity contribution is -0.205. The fourth-order valence-corrected chi connectivity index (χ4v) is 2.18. The summed E-state index contributed by atoms with van der Waals surface area (Å²) in [5, 5.41) is 1.65.